The van der Waals surface area contributed by atoms with Gasteiger partial charge in [-0.2, -0.15) is 0 Å². The van der Waals surface area contributed by atoms with E-state index >= 15 is 0 Å². The van der Waals surface area contributed by atoms with Crippen LogP contribution in [0.15, 0.2) is 61.3 Å². The molecule has 0 radical (unpaired) electrons. The molecule has 6 heteroatoms. The Kier molecular flexibility index (Phi) is 7.85. The zero-order valence-electron chi connectivity index (χ0n) is 19.2. The number of allylic oxidation sites excluding steroid dienone is 1. The lowest BCUT2D eigenvalue weighted by atomic mass is 10.0. The van der Waals surface area contributed by atoms with E-state index in [0.717, 1.165) is 28.3 Å². The van der Waals surface area contributed by atoms with Gasteiger partial charge in [0.1, 0.15) is 12.4 Å². The van der Waals surface area contributed by atoms with Gasteiger partial charge < -0.3 is 15.8 Å². The summed E-state index contributed by atoms with van der Waals surface area (Å²) in [5.41, 5.74) is 10.4. The molecule has 0 saturated heterocycles. The SMILES string of the molecule is C=C(Nc1ccc(C(C)=O)c(C)c1)c1ncc(-c2ccc(OCC#CCN)cc2)n1/C=C\C. The van der Waals surface area contributed by atoms with Crippen molar-refractivity contribution < 1.29 is 9.53 Å². The molecule has 3 aromatic rings. The number of Topliss-reactive ketones (excluding diaryl/α,β-unsaturated/α-hetero) is 1. The van der Waals surface area contributed by atoms with Crippen LogP contribution in [0.2, 0.25) is 0 Å². The van der Waals surface area contributed by atoms with E-state index in [1.54, 1.807) is 6.92 Å². The van der Waals surface area contributed by atoms with Gasteiger partial charge in [-0.3, -0.25) is 9.36 Å². The third-order valence-corrected chi connectivity index (χ3v) is 4.95. The number of nitrogens with zero attached hydrogens (tertiary/aromatic N) is 2. The van der Waals surface area contributed by atoms with Gasteiger partial charge in [0, 0.05) is 23.0 Å². The second-order valence-corrected chi connectivity index (χ2v) is 7.38. The number of benzene rings is 2. The summed E-state index contributed by atoms with van der Waals surface area (Å²) in [6.07, 6.45) is 5.71. The first kappa shape index (κ1) is 23.6. The van der Waals surface area contributed by atoms with E-state index in [4.69, 9.17) is 10.5 Å². The molecule has 1 heterocycles. The van der Waals surface area contributed by atoms with Crippen molar-refractivity contribution in [3.05, 3.63) is 78.3 Å². The Morgan fingerprint density at radius 3 is 2.64 bits per heavy atom. The molecule has 33 heavy (non-hydrogen) atoms. The Hall–Kier alpha value is -4.08. The maximum atomic E-state index is 11.7. The fraction of sp³-hybridized carbons (Fsp3) is 0.185. The highest BCUT2D eigenvalue weighted by molar-refractivity contribution is 5.96. The van der Waals surface area contributed by atoms with Crippen LogP contribution < -0.4 is 15.8 Å². The summed E-state index contributed by atoms with van der Waals surface area (Å²) in [5, 5.41) is 3.31. The average molecular weight is 441 g/mol. The van der Waals surface area contributed by atoms with Crippen molar-refractivity contribution in [2.24, 2.45) is 5.73 Å². The number of nitrogens with one attached hydrogen (secondary N) is 1. The highest BCUT2D eigenvalue weighted by Crippen LogP contribution is 2.27. The Labute approximate surface area is 194 Å². The average Bonchev–Trinajstić information content (AvgIpc) is 3.21. The van der Waals surface area contributed by atoms with Crippen molar-refractivity contribution in [3.8, 4) is 28.8 Å². The molecule has 0 unspecified atom stereocenters. The second-order valence-electron chi connectivity index (χ2n) is 7.38. The molecule has 0 fully saturated rings. The van der Waals surface area contributed by atoms with Gasteiger partial charge in [-0.1, -0.05) is 24.5 Å². The van der Waals surface area contributed by atoms with Gasteiger partial charge in [0.05, 0.1) is 24.1 Å². The third kappa shape index (κ3) is 5.79. The molecule has 6 nitrogen and oxygen atoms in total. The van der Waals surface area contributed by atoms with E-state index in [9.17, 15) is 4.79 Å². The molecule has 0 aliphatic rings. The van der Waals surface area contributed by atoms with Crippen LogP contribution in [-0.2, 0) is 0 Å². The van der Waals surface area contributed by atoms with Crippen LogP contribution in [0.4, 0.5) is 5.69 Å². The third-order valence-electron chi connectivity index (χ3n) is 4.95. The molecule has 0 bridgehead atoms. The van der Waals surface area contributed by atoms with Crippen LogP contribution in [0.5, 0.6) is 5.75 Å². The predicted octanol–water partition coefficient (Wildman–Crippen LogP) is 4.98. The van der Waals surface area contributed by atoms with Crippen molar-refractivity contribution in [1.29, 1.82) is 0 Å². The van der Waals surface area contributed by atoms with Crippen molar-refractivity contribution in [3.63, 3.8) is 0 Å². The molecule has 2 aromatic carbocycles. The van der Waals surface area contributed by atoms with Gasteiger partial charge in [0.25, 0.3) is 0 Å². The van der Waals surface area contributed by atoms with Crippen molar-refractivity contribution in [2.75, 3.05) is 18.5 Å². The number of aromatic nitrogens is 2. The molecule has 0 atom stereocenters. The highest BCUT2D eigenvalue weighted by atomic mass is 16.5. The fourth-order valence-electron chi connectivity index (χ4n) is 3.43. The minimum atomic E-state index is 0.0473. The predicted molar refractivity (Wildman–Crippen MR) is 135 cm³/mol. The van der Waals surface area contributed by atoms with Crippen molar-refractivity contribution in [2.45, 2.75) is 20.8 Å². The molecular formula is C27H28N4O2. The zero-order chi connectivity index (χ0) is 23.8. The van der Waals surface area contributed by atoms with E-state index in [1.807, 2.05) is 79.4 Å². The Morgan fingerprint density at radius 1 is 1.24 bits per heavy atom. The number of aryl methyl sites for hydroxylation is 1. The standard InChI is InChI=1S/C27H28N4O2/c1-5-15-31-26(22-8-11-24(12-9-22)33-16-7-6-14-28)18-29-27(31)20(3)30-23-10-13-25(21(4)32)19(2)17-23/h5,8-13,15,17-18,30H,3,14,16,28H2,1-2,4H3/b15-5-. The van der Waals surface area contributed by atoms with E-state index < -0.39 is 0 Å². The van der Waals surface area contributed by atoms with E-state index in [2.05, 4.69) is 28.7 Å². The molecule has 0 aliphatic heterocycles. The Bertz CT molecular complexity index is 1240. The number of carbonyl (C=O) groups excluding carboxylic acids is 1. The number of nitrogens with two attached hydrogens (primary N) is 1. The first-order valence-corrected chi connectivity index (χ1v) is 10.6. The Balaban J connectivity index is 1.82. The van der Waals surface area contributed by atoms with Gasteiger partial charge >= 0.3 is 0 Å². The van der Waals surface area contributed by atoms with Gasteiger partial charge in [-0.25, -0.2) is 4.98 Å². The number of imidazole rings is 1. The van der Waals surface area contributed by atoms with Crippen molar-refractivity contribution >= 4 is 23.4 Å². The number of carbonyl (C=O) groups is 1. The zero-order valence-corrected chi connectivity index (χ0v) is 19.2. The summed E-state index contributed by atoms with van der Waals surface area (Å²) in [7, 11) is 0. The normalized spacial score (nSPS) is 10.5. The first-order chi connectivity index (χ1) is 15.9. The van der Waals surface area contributed by atoms with Gasteiger partial charge in [-0.05, 0) is 68.8 Å². The van der Waals surface area contributed by atoms with Gasteiger partial charge in [-0.15, -0.1) is 0 Å². The minimum absolute atomic E-state index is 0.0473. The summed E-state index contributed by atoms with van der Waals surface area (Å²) in [6.45, 7) is 10.2. The van der Waals surface area contributed by atoms with Crippen LogP contribution in [0.3, 0.4) is 0 Å². The molecule has 3 N–H and O–H groups in total. The smallest absolute Gasteiger partial charge is 0.160 e. The summed E-state index contributed by atoms with van der Waals surface area (Å²) < 4.78 is 7.59. The maximum absolute atomic E-state index is 11.7. The monoisotopic (exact) mass is 440 g/mol. The molecular weight excluding hydrogens is 412 g/mol. The number of ketones is 1. The van der Waals surface area contributed by atoms with Gasteiger partial charge in [0.15, 0.2) is 11.6 Å². The molecule has 168 valence electrons. The number of anilines is 1. The van der Waals surface area contributed by atoms with E-state index in [-0.39, 0.29) is 5.78 Å². The lowest BCUT2D eigenvalue weighted by molar-refractivity contribution is 0.101. The molecule has 0 saturated carbocycles. The van der Waals surface area contributed by atoms with Gasteiger partial charge in [0.2, 0.25) is 0 Å². The number of hydrogen-bond acceptors (Lipinski definition) is 5. The number of hydrogen-bond donors (Lipinski definition) is 2. The molecule has 0 spiro atoms. The largest absolute Gasteiger partial charge is 0.481 e. The molecule has 0 aliphatic carbocycles. The number of ether oxygens (including phenoxy) is 1. The fourth-order valence-corrected chi connectivity index (χ4v) is 3.43. The molecule has 1 aromatic heterocycles. The highest BCUT2D eigenvalue weighted by Gasteiger charge is 2.14. The van der Waals surface area contributed by atoms with Crippen LogP contribution in [0, 0.1) is 18.8 Å². The number of rotatable bonds is 8. The summed E-state index contributed by atoms with van der Waals surface area (Å²) >= 11 is 0. The van der Waals surface area contributed by atoms with Crippen LogP contribution in [0.1, 0.15) is 35.6 Å². The Morgan fingerprint density at radius 2 is 2.00 bits per heavy atom. The van der Waals surface area contributed by atoms with Crippen LogP contribution in [0.25, 0.3) is 23.2 Å². The molecule has 3 rings (SSSR count). The first-order valence-electron chi connectivity index (χ1n) is 10.6. The quantitative estimate of drug-likeness (QED) is 0.382. The maximum Gasteiger partial charge on any atom is 0.160 e. The lowest BCUT2D eigenvalue weighted by Gasteiger charge is -2.13. The minimum Gasteiger partial charge on any atom is -0.481 e. The summed E-state index contributed by atoms with van der Waals surface area (Å²) in [4.78, 5) is 16.3. The molecule has 0 amide bonds. The van der Waals surface area contributed by atoms with Crippen molar-refractivity contribution in [1.82, 2.24) is 9.55 Å². The lowest BCUT2D eigenvalue weighted by Crippen LogP contribution is -2.05. The van der Waals surface area contributed by atoms with Crippen LogP contribution >= 0.6 is 0 Å². The topological polar surface area (TPSA) is 82.2 Å². The summed E-state index contributed by atoms with van der Waals surface area (Å²) in [6, 6.07) is 13.4. The van der Waals surface area contributed by atoms with Crippen LogP contribution in [-0.4, -0.2) is 28.5 Å². The van der Waals surface area contributed by atoms with E-state index in [1.165, 1.54) is 0 Å². The summed E-state index contributed by atoms with van der Waals surface area (Å²) in [5.74, 6) is 7.09. The van der Waals surface area contributed by atoms with E-state index in [0.29, 0.717) is 30.2 Å². The second kappa shape index (κ2) is 11.0.